The number of hydrogen-bond donors (Lipinski definition) is 3. The van der Waals surface area contributed by atoms with E-state index < -0.39 is 36.2 Å². The highest BCUT2D eigenvalue weighted by Crippen LogP contribution is 2.15. The predicted octanol–water partition coefficient (Wildman–Crippen LogP) is 1.76. The maximum atomic E-state index is 11.7. The lowest BCUT2D eigenvalue weighted by Gasteiger charge is -2.29. The summed E-state index contributed by atoms with van der Waals surface area (Å²) in [6.45, 7) is 8.95. The van der Waals surface area contributed by atoms with Crippen LogP contribution in [0, 0.1) is 5.92 Å². The number of rotatable bonds is 6. The molecule has 0 saturated heterocycles. The molecule has 0 bridgehead atoms. The SMILES string of the molecule is CCC(C)[C@H](NC(=O)OC(C)(C)C)[C@@H](O)CC(=O)O. The second-order valence-corrected chi connectivity index (χ2v) is 5.72. The van der Waals surface area contributed by atoms with Gasteiger partial charge >= 0.3 is 12.1 Å². The molecule has 6 nitrogen and oxygen atoms in total. The molecular formula is C13H25NO5. The summed E-state index contributed by atoms with van der Waals surface area (Å²) < 4.78 is 5.11. The molecule has 112 valence electrons. The number of carboxylic acids is 1. The van der Waals surface area contributed by atoms with Crippen LogP contribution in [-0.2, 0) is 9.53 Å². The van der Waals surface area contributed by atoms with Crippen molar-refractivity contribution in [3.8, 4) is 0 Å². The average molecular weight is 275 g/mol. The molecular weight excluding hydrogens is 250 g/mol. The molecule has 0 saturated carbocycles. The first-order valence-corrected chi connectivity index (χ1v) is 6.46. The maximum absolute atomic E-state index is 11.7. The molecule has 0 aromatic heterocycles. The first kappa shape index (κ1) is 17.7. The largest absolute Gasteiger partial charge is 0.481 e. The number of aliphatic hydroxyl groups excluding tert-OH is 1. The average Bonchev–Trinajstić information content (AvgIpc) is 2.21. The van der Waals surface area contributed by atoms with Crippen molar-refractivity contribution in [2.75, 3.05) is 0 Å². The van der Waals surface area contributed by atoms with Crippen molar-refractivity contribution in [1.82, 2.24) is 5.32 Å². The smallest absolute Gasteiger partial charge is 0.407 e. The number of carbonyl (C=O) groups excluding carboxylic acids is 1. The third-order valence-electron chi connectivity index (χ3n) is 2.74. The van der Waals surface area contributed by atoms with Crippen LogP contribution in [-0.4, -0.2) is 40.0 Å². The fourth-order valence-electron chi connectivity index (χ4n) is 1.62. The molecule has 0 fully saturated rings. The molecule has 0 aromatic rings. The van der Waals surface area contributed by atoms with Crippen molar-refractivity contribution in [3.63, 3.8) is 0 Å². The zero-order chi connectivity index (χ0) is 15.2. The van der Waals surface area contributed by atoms with E-state index in [9.17, 15) is 14.7 Å². The number of hydrogen-bond acceptors (Lipinski definition) is 4. The number of aliphatic carboxylic acids is 1. The van der Waals surface area contributed by atoms with Gasteiger partial charge in [-0.1, -0.05) is 20.3 Å². The number of amides is 1. The number of alkyl carbamates (subject to hydrolysis) is 1. The molecule has 0 radical (unpaired) electrons. The lowest BCUT2D eigenvalue weighted by molar-refractivity contribution is -0.139. The van der Waals surface area contributed by atoms with E-state index in [4.69, 9.17) is 9.84 Å². The van der Waals surface area contributed by atoms with Crippen molar-refractivity contribution >= 4 is 12.1 Å². The van der Waals surface area contributed by atoms with Crippen LogP contribution in [0.3, 0.4) is 0 Å². The van der Waals surface area contributed by atoms with Crippen molar-refractivity contribution < 1.29 is 24.5 Å². The third kappa shape index (κ3) is 7.66. The number of nitrogens with one attached hydrogen (secondary N) is 1. The Morgan fingerprint density at radius 2 is 1.84 bits per heavy atom. The molecule has 0 aliphatic carbocycles. The predicted molar refractivity (Wildman–Crippen MR) is 70.9 cm³/mol. The minimum absolute atomic E-state index is 0.0538. The van der Waals surface area contributed by atoms with Crippen LogP contribution < -0.4 is 5.32 Å². The molecule has 0 aliphatic rings. The van der Waals surface area contributed by atoms with Crippen molar-refractivity contribution in [1.29, 1.82) is 0 Å². The third-order valence-corrected chi connectivity index (χ3v) is 2.74. The number of aliphatic hydroxyl groups is 1. The Hall–Kier alpha value is -1.30. The Bertz CT molecular complexity index is 311. The van der Waals surface area contributed by atoms with E-state index in [-0.39, 0.29) is 5.92 Å². The Morgan fingerprint density at radius 3 is 2.21 bits per heavy atom. The monoisotopic (exact) mass is 275 g/mol. The van der Waals surface area contributed by atoms with E-state index in [0.29, 0.717) is 6.42 Å². The van der Waals surface area contributed by atoms with Gasteiger partial charge in [-0.05, 0) is 26.7 Å². The van der Waals surface area contributed by atoms with Gasteiger partial charge in [0.15, 0.2) is 0 Å². The quantitative estimate of drug-likeness (QED) is 0.686. The van der Waals surface area contributed by atoms with Crippen LogP contribution in [0.4, 0.5) is 4.79 Å². The minimum Gasteiger partial charge on any atom is -0.481 e. The molecule has 0 spiro atoms. The van der Waals surface area contributed by atoms with Gasteiger partial charge in [0, 0.05) is 0 Å². The molecule has 19 heavy (non-hydrogen) atoms. The summed E-state index contributed by atoms with van der Waals surface area (Å²) in [5, 5.41) is 21.1. The summed E-state index contributed by atoms with van der Waals surface area (Å²) in [6.07, 6.45) is -1.50. The van der Waals surface area contributed by atoms with Crippen LogP contribution >= 0.6 is 0 Å². The summed E-state index contributed by atoms with van der Waals surface area (Å²) in [4.78, 5) is 22.3. The first-order chi connectivity index (χ1) is 8.56. The summed E-state index contributed by atoms with van der Waals surface area (Å²) >= 11 is 0. The van der Waals surface area contributed by atoms with E-state index in [1.54, 1.807) is 20.8 Å². The van der Waals surface area contributed by atoms with Crippen molar-refractivity contribution in [3.05, 3.63) is 0 Å². The molecule has 0 rings (SSSR count). The highest BCUT2D eigenvalue weighted by Gasteiger charge is 2.29. The number of carboxylic acid groups (broad SMARTS) is 1. The normalized spacial score (nSPS) is 16.3. The lowest BCUT2D eigenvalue weighted by Crippen LogP contribution is -2.49. The second-order valence-electron chi connectivity index (χ2n) is 5.72. The van der Waals surface area contributed by atoms with Crippen LogP contribution in [0.15, 0.2) is 0 Å². The minimum atomic E-state index is -1.14. The van der Waals surface area contributed by atoms with Gasteiger partial charge in [0.25, 0.3) is 0 Å². The molecule has 1 amide bonds. The standard InChI is InChI=1S/C13H25NO5/c1-6-8(2)11(9(15)7-10(16)17)14-12(18)19-13(3,4)5/h8-9,11,15H,6-7H2,1-5H3,(H,14,18)(H,16,17)/t8?,9-,11-/m0/s1. The van der Waals surface area contributed by atoms with Crippen molar-refractivity contribution in [2.45, 2.75) is 65.2 Å². The zero-order valence-corrected chi connectivity index (χ0v) is 12.3. The Labute approximate surface area is 114 Å². The van der Waals surface area contributed by atoms with Gasteiger partial charge in [-0.15, -0.1) is 0 Å². The zero-order valence-electron chi connectivity index (χ0n) is 12.3. The van der Waals surface area contributed by atoms with Gasteiger partial charge in [-0.3, -0.25) is 4.79 Å². The van der Waals surface area contributed by atoms with E-state index in [1.165, 1.54) is 0 Å². The van der Waals surface area contributed by atoms with Gasteiger partial charge in [-0.2, -0.15) is 0 Å². The highest BCUT2D eigenvalue weighted by molar-refractivity contribution is 5.69. The molecule has 3 atom stereocenters. The summed E-state index contributed by atoms with van der Waals surface area (Å²) in [7, 11) is 0. The first-order valence-electron chi connectivity index (χ1n) is 6.46. The van der Waals surface area contributed by atoms with Gasteiger partial charge in [0.2, 0.25) is 0 Å². The van der Waals surface area contributed by atoms with Gasteiger partial charge in [-0.25, -0.2) is 4.79 Å². The lowest BCUT2D eigenvalue weighted by atomic mass is 9.93. The Kier molecular flexibility index (Phi) is 6.83. The van der Waals surface area contributed by atoms with Crippen LogP contribution in [0.5, 0.6) is 0 Å². The van der Waals surface area contributed by atoms with Crippen molar-refractivity contribution in [2.24, 2.45) is 5.92 Å². The van der Waals surface area contributed by atoms with Crippen LogP contribution in [0.25, 0.3) is 0 Å². The summed E-state index contributed by atoms with van der Waals surface area (Å²) in [6, 6.07) is -0.643. The Balaban J connectivity index is 4.68. The molecule has 0 aromatic carbocycles. The molecule has 1 unspecified atom stereocenters. The van der Waals surface area contributed by atoms with E-state index in [1.807, 2.05) is 13.8 Å². The fourth-order valence-corrected chi connectivity index (χ4v) is 1.62. The summed E-state index contributed by atoms with van der Waals surface area (Å²) in [5.74, 6) is -1.16. The van der Waals surface area contributed by atoms with E-state index in [0.717, 1.165) is 0 Å². The van der Waals surface area contributed by atoms with Crippen LogP contribution in [0.2, 0.25) is 0 Å². The topological polar surface area (TPSA) is 95.9 Å². The van der Waals surface area contributed by atoms with E-state index in [2.05, 4.69) is 5.32 Å². The second kappa shape index (κ2) is 7.33. The Morgan fingerprint density at radius 1 is 1.32 bits per heavy atom. The fraction of sp³-hybridized carbons (Fsp3) is 0.846. The molecule has 6 heteroatoms. The van der Waals surface area contributed by atoms with Gasteiger partial charge in [0.1, 0.15) is 5.60 Å². The summed E-state index contributed by atoms with van der Waals surface area (Å²) in [5.41, 5.74) is -0.637. The molecule has 3 N–H and O–H groups in total. The highest BCUT2D eigenvalue weighted by atomic mass is 16.6. The molecule has 0 aliphatic heterocycles. The maximum Gasteiger partial charge on any atom is 0.407 e. The number of carbonyl (C=O) groups is 2. The van der Waals surface area contributed by atoms with Gasteiger partial charge in [0.05, 0.1) is 18.6 Å². The number of ether oxygens (including phenoxy) is 1. The molecule has 0 heterocycles. The van der Waals surface area contributed by atoms with Crippen LogP contribution in [0.1, 0.15) is 47.5 Å². The van der Waals surface area contributed by atoms with E-state index >= 15 is 0 Å². The van der Waals surface area contributed by atoms with Gasteiger partial charge < -0.3 is 20.3 Å².